The van der Waals surface area contributed by atoms with Crippen LogP contribution in [0, 0.1) is 0 Å². The lowest BCUT2D eigenvalue weighted by atomic mass is 10.2. The summed E-state index contributed by atoms with van der Waals surface area (Å²) in [6, 6.07) is -0.324. The molecule has 3 N–H and O–H groups in total. The predicted molar refractivity (Wildman–Crippen MR) is 57.1 cm³/mol. The van der Waals surface area contributed by atoms with Crippen molar-refractivity contribution in [2.75, 3.05) is 19.6 Å². The summed E-state index contributed by atoms with van der Waals surface area (Å²) in [6.45, 7) is 3.78. The number of rotatable bonds is 6. The van der Waals surface area contributed by atoms with Crippen molar-refractivity contribution in [2.45, 2.75) is 32.2 Å². The Morgan fingerprint density at radius 3 is 2.87 bits per heavy atom. The first-order valence-electron chi connectivity index (χ1n) is 5.48. The fraction of sp³-hybridized carbons (Fsp3) is 0.800. The van der Waals surface area contributed by atoms with Crippen molar-refractivity contribution in [1.82, 2.24) is 10.2 Å². The molecule has 2 amide bonds. The highest BCUT2D eigenvalue weighted by atomic mass is 16.2. The van der Waals surface area contributed by atoms with Crippen LogP contribution in [0.5, 0.6) is 0 Å². The van der Waals surface area contributed by atoms with Gasteiger partial charge in [0.25, 0.3) is 0 Å². The van der Waals surface area contributed by atoms with Crippen molar-refractivity contribution in [3.63, 3.8) is 0 Å². The minimum absolute atomic E-state index is 0.0629. The van der Waals surface area contributed by atoms with E-state index < -0.39 is 0 Å². The number of nitrogens with one attached hydrogen (secondary N) is 1. The maximum atomic E-state index is 11.7. The summed E-state index contributed by atoms with van der Waals surface area (Å²) < 4.78 is 0. The summed E-state index contributed by atoms with van der Waals surface area (Å²) in [5.41, 5.74) is 5.35. The van der Waals surface area contributed by atoms with Gasteiger partial charge in [0.2, 0.25) is 11.8 Å². The van der Waals surface area contributed by atoms with Gasteiger partial charge in [0.15, 0.2) is 0 Å². The molecule has 1 rings (SSSR count). The molecule has 1 aliphatic rings. The van der Waals surface area contributed by atoms with Crippen molar-refractivity contribution in [3.05, 3.63) is 0 Å². The van der Waals surface area contributed by atoms with E-state index in [0.29, 0.717) is 26.1 Å². The first kappa shape index (κ1) is 12.1. The first-order chi connectivity index (χ1) is 7.20. The second-order valence-corrected chi connectivity index (χ2v) is 3.74. The number of hydrogen-bond acceptors (Lipinski definition) is 4. The van der Waals surface area contributed by atoms with E-state index in [4.69, 9.17) is 5.73 Å². The smallest absolute Gasteiger partial charge is 0.246 e. The molecular formula is C10H19N3O2. The van der Waals surface area contributed by atoms with Crippen molar-refractivity contribution in [2.24, 2.45) is 5.73 Å². The number of imide groups is 1. The molecule has 0 saturated carbocycles. The zero-order valence-electron chi connectivity index (χ0n) is 9.16. The lowest BCUT2D eigenvalue weighted by Crippen LogP contribution is -2.39. The molecule has 86 valence electrons. The molecule has 1 unspecified atom stereocenters. The van der Waals surface area contributed by atoms with E-state index in [2.05, 4.69) is 5.32 Å². The molecule has 0 radical (unpaired) electrons. The van der Waals surface area contributed by atoms with E-state index in [1.807, 2.05) is 6.92 Å². The summed E-state index contributed by atoms with van der Waals surface area (Å²) in [4.78, 5) is 24.5. The fourth-order valence-corrected chi connectivity index (χ4v) is 1.68. The second kappa shape index (κ2) is 5.82. The highest BCUT2D eigenvalue weighted by molar-refractivity contribution is 6.05. The Morgan fingerprint density at radius 2 is 2.27 bits per heavy atom. The Kier molecular flexibility index (Phi) is 4.71. The molecule has 1 atom stereocenters. The second-order valence-electron chi connectivity index (χ2n) is 3.74. The Bertz CT molecular complexity index is 243. The third kappa shape index (κ3) is 3.00. The number of hydrogen-bond donors (Lipinski definition) is 2. The van der Waals surface area contributed by atoms with Gasteiger partial charge in [-0.15, -0.1) is 0 Å². The topological polar surface area (TPSA) is 75.4 Å². The zero-order chi connectivity index (χ0) is 11.3. The van der Waals surface area contributed by atoms with Crippen LogP contribution in [0.4, 0.5) is 0 Å². The molecule has 15 heavy (non-hydrogen) atoms. The van der Waals surface area contributed by atoms with Gasteiger partial charge in [-0.2, -0.15) is 0 Å². The molecule has 1 heterocycles. The minimum Gasteiger partial charge on any atom is -0.330 e. The summed E-state index contributed by atoms with van der Waals surface area (Å²) in [5, 5.41) is 3.06. The molecule has 1 aliphatic heterocycles. The lowest BCUT2D eigenvalue weighted by Gasteiger charge is -2.14. The Labute approximate surface area is 90.0 Å². The van der Waals surface area contributed by atoms with Crippen molar-refractivity contribution < 1.29 is 9.59 Å². The molecule has 0 aromatic heterocycles. The average Bonchev–Trinajstić information content (AvgIpc) is 2.47. The molecule has 1 saturated heterocycles. The Morgan fingerprint density at radius 1 is 1.53 bits per heavy atom. The predicted octanol–water partition coefficient (Wildman–Crippen LogP) is -0.538. The monoisotopic (exact) mass is 213 g/mol. The van der Waals surface area contributed by atoms with Gasteiger partial charge in [-0.05, 0) is 25.9 Å². The summed E-state index contributed by atoms with van der Waals surface area (Å²) in [7, 11) is 0. The molecule has 1 fully saturated rings. The number of carbonyl (C=O) groups excluding carboxylic acids is 2. The molecule has 5 nitrogen and oxygen atoms in total. The van der Waals surface area contributed by atoms with Gasteiger partial charge in [-0.3, -0.25) is 14.5 Å². The van der Waals surface area contributed by atoms with Crippen molar-refractivity contribution in [3.8, 4) is 0 Å². The van der Waals surface area contributed by atoms with Crippen LogP contribution in [0.25, 0.3) is 0 Å². The quantitative estimate of drug-likeness (QED) is 0.459. The van der Waals surface area contributed by atoms with Crippen LogP contribution in [0.1, 0.15) is 26.2 Å². The van der Waals surface area contributed by atoms with Gasteiger partial charge >= 0.3 is 0 Å². The van der Waals surface area contributed by atoms with E-state index in [0.717, 1.165) is 12.8 Å². The van der Waals surface area contributed by atoms with Crippen LogP contribution in [0.2, 0.25) is 0 Å². The fourth-order valence-electron chi connectivity index (χ4n) is 1.68. The van der Waals surface area contributed by atoms with Crippen LogP contribution < -0.4 is 11.1 Å². The SMILES string of the molecule is CCCN1C(=O)CC(NCCCN)C1=O. The van der Waals surface area contributed by atoms with Gasteiger partial charge in [0.05, 0.1) is 12.5 Å². The molecule has 0 bridgehead atoms. The molecular weight excluding hydrogens is 194 g/mol. The van der Waals surface area contributed by atoms with Gasteiger partial charge in [0.1, 0.15) is 0 Å². The number of nitrogens with zero attached hydrogens (tertiary/aromatic N) is 1. The largest absolute Gasteiger partial charge is 0.330 e. The average molecular weight is 213 g/mol. The van der Waals surface area contributed by atoms with Crippen molar-refractivity contribution >= 4 is 11.8 Å². The van der Waals surface area contributed by atoms with E-state index in [-0.39, 0.29) is 17.9 Å². The van der Waals surface area contributed by atoms with E-state index in [9.17, 15) is 9.59 Å². The first-order valence-corrected chi connectivity index (χ1v) is 5.48. The molecule has 0 aromatic rings. The third-order valence-corrected chi connectivity index (χ3v) is 2.46. The third-order valence-electron chi connectivity index (χ3n) is 2.46. The number of likely N-dealkylation sites (tertiary alicyclic amines) is 1. The normalized spacial score (nSPS) is 21.5. The van der Waals surface area contributed by atoms with Gasteiger partial charge in [-0.1, -0.05) is 6.92 Å². The zero-order valence-corrected chi connectivity index (χ0v) is 9.16. The number of nitrogens with two attached hydrogens (primary N) is 1. The summed E-state index contributed by atoms with van der Waals surface area (Å²) in [5.74, 6) is -0.147. The summed E-state index contributed by atoms with van der Waals surface area (Å²) in [6.07, 6.45) is 1.93. The van der Waals surface area contributed by atoms with Crippen LogP contribution >= 0.6 is 0 Å². The lowest BCUT2D eigenvalue weighted by molar-refractivity contribution is -0.138. The number of amides is 2. The van der Waals surface area contributed by atoms with Gasteiger partial charge in [-0.25, -0.2) is 0 Å². The van der Waals surface area contributed by atoms with Crippen molar-refractivity contribution in [1.29, 1.82) is 0 Å². The van der Waals surface area contributed by atoms with E-state index in [1.54, 1.807) is 0 Å². The number of carbonyl (C=O) groups is 2. The van der Waals surface area contributed by atoms with Crippen LogP contribution in [-0.4, -0.2) is 42.4 Å². The highest BCUT2D eigenvalue weighted by Gasteiger charge is 2.37. The minimum atomic E-state index is -0.324. The maximum Gasteiger partial charge on any atom is 0.246 e. The molecule has 0 aromatic carbocycles. The van der Waals surface area contributed by atoms with Gasteiger partial charge < -0.3 is 11.1 Å². The standard InChI is InChI=1S/C10H19N3O2/c1-2-6-13-9(14)7-8(10(13)15)12-5-3-4-11/h8,12H,2-7,11H2,1H3. The molecule has 0 aliphatic carbocycles. The Hall–Kier alpha value is -0.940. The van der Waals surface area contributed by atoms with E-state index in [1.165, 1.54) is 4.90 Å². The maximum absolute atomic E-state index is 11.7. The Balaban J connectivity index is 2.42. The molecule has 0 spiro atoms. The van der Waals surface area contributed by atoms with Crippen LogP contribution in [-0.2, 0) is 9.59 Å². The van der Waals surface area contributed by atoms with E-state index >= 15 is 0 Å². The van der Waals surface area contributed by atoms with Crippen LogP contribution in [0.15, 0.2) is 0 Å². The molecule has 5 heteroatoms. The van der Waals surface area contributed by atoms with Gasteiger partial charge in [0, 0.05) is 6.54 Å². The van der Waals surface area contributed by atoms with Crippen LogP contribution in [0.3, 0.4) is 0 Å². The summed E-state index contributed by atoms with van der Waals surface area (Å²) >= 11 is 0. The highest BCUT2D eigenvalue weighted by Crippen LogP contribution is 2.13.